The molecule has 9 heteroatoms. The van der Waals surface area contributed by atoms with Crippen LogP contribution in [-0.2, 0) is 24.9 Å². The predicted octanol–water partition coefficient (Wildman–Crippen LogP) is 3.46. The second kappa shape index (κ2) is 11.9. The number of aliphatic imine (C=N–C) groups is 1. The van der Waals surface area contributed by atoms with E-state index in [1.165, 1.54) is 0 Å². The van der Waals surface area contributed by atoms with Crippen LogP contribution in [0.3, 0.4) is 0 Å². The molecular formula is C21H31IN6O2. The molecule has 0 aliphatic rings. The van der Waals surface area contributed by atoms with Crippen molar-refractivity contribution in [3.05, 3.63) is 47.2 Å². The molecule has 0 saturated heterocycles. The SMILES string of the molecule is CCOCCCNC(=NCc1nnc(C)n1C)NCc1oc2ccccc2c1C.I. The van der Waals surface area contributed by atoms with Crippen LogP contribution in [0.4, 0.5) is 0 Å². The molecule has 8 nitrogen and oxygen atoms in total. The van der Waals surface area contributed by atoms with E-state index in [4.69, 9.17) is 9.15 Å². The Morgan fingerprint density at radius 3 is 2.70 bits per heavy atom. The van der Waals surface area contributed by atoms with Gasteiger partial charge in [0.1, 0.15) is 23.7 Å². The monoisotopic (exact) mass is 526 g/mol. The first-order valence-electron chi connectivity index (χ1n) is 10.0. The highest BCUT2D eigenvalue weighted by Gasteiger charge is 2.11. The Morgan fingerprint density at radius 2 is 2.00 bits per heavy atom. The molecular weight excluding hydrogens is 495 g/mol. The van der Waals surface area contributed by atoms with Crippen molar-refractivity contribution in [1.82, 2.24) is 25.4 Å². The van der Waals surface area contributed by atoms with E-state index in [0.717, 1.165) is 60.1 Å². The molecule has 0 spiro atoms. The van der Waals surface area contributed by atoms with Gasteiger partial charge in [0.25, 0.3) is 0 Å². The average molecular weight is 526 g/mol. The number of furan rings is 1. The third-order valence-electron chi connectivity index (χ3n) is 4.88. The van der Waals surface area contributed by atoms with Crippen LogP contribution < -0.4 is 10.6 Å². The second-order valence-electron chi connectivity index (χ2n) is 6.86. The number of guanidine groups is 1. The molecule has 164 valence electrons. The van der Waals surface area contributed by atoms with Crippen molar-refractivity contribution >= 4 is 40.9 Å². The topological polar surface area (TPSA) is 89.5 Å². The molecule has 0 bridgehead atoms. The van der Waals surface area contributed by atoms with Crippen molar-refractivity contribution in [2.24, 2.45) is 12.0 Å². The molecule has 0 amide bonds. The maximum atomic E-state index is 6.00. The van der Waals surface area contributed by atoms with Crippen LogP contribution in [-0.4, -0.2) is 40.5 Å². The van der Waals surface area contributed by atoms with Gasteiger partial charge in [0, 0.05) is 37.8 Å². The summed E-state index contributed by atoms with van der Waals surface area (Å²) in [5.41, 5.74) is 2.05. The van der Waals surface area contributed by atoms with E-state index in [1.807, 2.05) is 43.7 Å². The van der Waals surface area contributed by atoms with Crippen molar-refractivity contribution in [2.45, 2.75) is 40.3 Å². The Kier molecular flexibility index (Phi) is 9.57. The average Bonchev–Trinajstić information content (AvgIpc) is 3.23. The Morgan fingerprint density at radius 1 is 1.20 bits per heavy atom. The van der Waals surface area contributed by atoms with Gasteiger partial charge in [0.15, 0.2) is 11.8 Å². The molecule has 0 aliphatic heterocycles. The molecule has 30 heavy (non-hydrogen) atoms. The number of nitrogens with zero attached hydrogens (tertiary/aromatic N) is 4. The molecule has 0 aliphatic carbocycles. The van der Waals surface area contributed by atoms with Crippen molar-refractivity contribution in [3.8, 4) is 0 Å². The number of fused-ring (bicyclic) bond motifs is 1. The molecule has 3 aromatic rings. The molecule has 0 unspecified atom stereocenters. The number of para-hydroxylation sites is 1. The van der Waals surface area contributed by atoms with Gasteiger partial charge in [-0.25, -0.2) is 4.99 Å². The number of aryl methyl sites for hydroxylation is 2. The first kappa shape index (κ1) is 24.1. The maximum Gasteiger partial charge on any atom is 0.192 e. The first-order valence-corrected chi connectivity index (χ1v) is 10.0. The summed E-state index contributed by atoms with van der Waals surface area (Å²) in [7, 11) is 1.95. The summed E-state index contributed by atoms with van der Waals surface area (Å²) in [5, 5.41) is 16.1. The molecule has 3 rings (SSSR count). The van der Waals surface area contributed by atoms with Gasteiger partial charge in [0.2, 0.25) is 0 Å². The van der Waals surface area contributed by atoms with Gasteiger partial charge < -0.3 is 24.4 Å². The predicted molar refractivity (Wildman–Crippen MR) is 129 cm³/mol. The molecule has 0 radical (unpaired) electrons. The minimum atomic E-state index is 0. The number of aromatic nitrogens is 3. The molecule has 0 saturated carbocycles. The fourth-order valence-electron chi connectivity index (χ4n) is 3.00. The lowest BCUT2D eigenvalue weighted by Crippen LogP contribution is -2.38. The number of benzene rings is 1. The standard InChI is InChI=1S/C21H30N6O2.HI/c1-5-28-12-8-11-22-21(24-14-20-26-25-16(3)27(20)4)23-13-19-15(2)17-9-6-7-10-18(17)29-19;/h6-7,9-10H,5,8,11-14H2,1-4H3,(H2,22,23,24);1H. The summed E-state index contributed by atoms with van der Waals surface area (Å²) in [5.74, 6) is 3.30. The smallest absolute Gasteiger partial charge is 0.192 e. The van der Waals surface area contributed by atoms with Crippen LogP contribution in [0.1, 0.15) is 36.3 Å². The molecule has 1 aromatic carbocycles. The maximum absolute atomic E-state index is 6.00. The normalized spacial score (nSPS) is 11.5. The number of nitrogens with one attached hydrogen (secondary N) is 2. The van der Waals surface area contributed by atoms with Gasteiger partial charge in [0.05, 0.1) is 6.54 Å². The van der Waals surface area contributed by atoms with Gasteiger partial charge in [-0.15, -0.1) is 34.2 Å². The van der Waals surface area contributed by atoms with E-state index < -0.39 is 0 Å². The lowest BCUT2D eigenvalue weighted by molar-refractivity contribution is 0.145. The van der Waals surface area contributed by atoms with E-state index in [-0.39, 0.29) is 24.0 Å². The van der Waals surface area contributed by atoms with Crippen LogP contribution in [0.2, 0.25) is 0 Å². The fourth-order valence-corrected chi connectivity index (χ4v) is 3.00. The third kappa shape index (κ3) is 6.18. The third-order valence-corrected chi connectivity index (χ3v) is 4.88. The lowest BCUT2D eigenvalue weighted by Gasteiger charge is -2.12. The highest BCUT2D eigenvalue weighted by Crippen LogP contribution is 2.24. The minimum absolute atomic E-state index is 0. The number of hydrogen-bond donors (Lipinski definition) is 2. The summed E-state index contributed by atoms with van der Waals surface area (Å²) < 4.78 is 13.3. The van der Waals surface area contributed by atoms with Gasteiger partial charge in [-0.05, 0) is 33.3 Å². The number of ether oxygens (including phenoxy) is 1. The minimum Gasteiger partial charge on any atom is -0.459 e. The van der Waals surface area contributed by atoms with Crippen molar-refractivity contribution in [1.29, 1.82) is 0 Å². The van der Waals surface area contributed by atoms with Gasteiger partial charge in [-0.1, -0.05) is 18.2 Å². The fraction of sp³-hybridized carbons (Fsp3) is 0.476. The second-order valence-corrected chi connectivity index (χ2v) is 6.86. The number of rotatable bonds is 9. The zero-order valence-electron chi connectivity index (χ0n) is 18.1. The van der Waals surface area contributed by atoms with Gasteiger partial charge >= 0.3 is 0 Å². The van der Waals surface area contributed by atoms with E-state index in [1.54, 1.807) is 0 Å². The van der Waals surface area contributed by atoms with Crippen LogP contribution >= 0.6 is 24.0 Å². The van der Waals surface area contributed by atoms with Crippen LogP contribution in [0.5, 0.6) is 0 Å². The largest absolute Gasteiger partial charge is 0.459 e. The van der Waals surface area contributed by atoms with E-state index in [0.29, 0.717) is 19.0 Å². The van der Waals surface area contributed by atoms with E-state index in [2.05, 4.69) is 38.8 Å². The first-order chi connectivity index (χ1) is 14.1. The molecule has 0 fully saturated rings. The molecule has 2 heterocycles. The van der Waals surface area contributed by atoms with Crippen molar-refractivity contribution in [3.63, 3.8) is 0 Å². The Balaban J connectivity index is 0.00000320. The van der Waals surface area contributed by atoms with Crippen LogP contribution in [0.15, 0.2) is 33.7 Å². The van der Waals surface area contributed by atoms with Gasteiger partial charge in [-0.2, -0.15) is 0 Å². The lowest BCUT2D eigenvalue weighted by atomic mass is 10.1. The summed E-state index contributed by atoms with van der Waals surface area (Å²) in [4.78, 5) is 4.67. The van der Waals surface area contributed by atoms with Crippen molar-refractivity contribution in [2.75, 3.05) is 19.8 Å². The summed E-state index contributed by atoms with van der Waals surface area (Å²) >= 11 is 0. The van der Waals surface area contributed by atoms with Crippen molar-refractivity contribution < 1.29 is 9.15 Å². The molecule has 2 N–H and O–H groups in total. The Hall–Kier alpha value is -2.14. The van der Waals surface area contributed by atoms with Crippen LogP contribution in [0.25, 0.3) is 11.0 Å². The van der Waals surface area contributed by atoms with Crippen LogP contribution in [0, 0.1) is 13.8 Å². The highest BCUT2D eigenvalue weighted by atomic mass is 127. The van der Waals surface area contributed by atoms with Gasteiger partial charge in [-0.3, -0.25) is 0 Å². The zero-order chi connectivity index (χ0) is 20.6. The molecule has 0 atom stereocenters. The number of hydrogen-bond acceptors (Lipinski definition) is 5. The quantitative estimate of drug-likeness (QED) is 0.192. The Labute approximate surface area is 194 Å². The Bertz CT molecular complexity index is 966. The summed E-state index contributed by atoms with van der Waals surface area (Å²) in [6.07, 6.45) is 0.904. The van der Waals surface area contributed by atoms with E-state index >= 15 is 0 Å². The molecule has 2 aromatic heterocycles. The van der Waals surface area contributed by atoms with E-state index in [9.17, 15) is 0 Å². The highest BCUT2D eigenvalue weighted by molar-refractivity contribution is 14.0. The summed E-state index contributed by atoms with van der Waals surface area (Å²) in [6.45, 7) is 9.22. The summed E-state index contributed by atoms with van der Waals surface area (Å²) in [6, 6.07) is 8.08. The zero-order valence-corrected chi connectivity index (χ0v) is 20.4. The number of halogens is 1.